The summed E-state index contributed by atoms with van der Waals surface area (Å²) < 4.78 is 30.7. The predicted octanol–water partition coefficient (Wildman–Crippen LogP) is 5.33. The largest absolute Gasteiger partial charge is 0.335 e. The highest BCUT2D eigenvalue weighted by atomic mass is 32.2. The number of aromatic nitrogens is 2. The summed E-state index contributed by atoms with van der Waals surface area (Å²) in [5.74, 6) is 0.431. The van der Waals surface area contributed by atoms with Crippen molar-refractivity contribution in [2.45, 2.75) is 75.8 Å². The number of sulfonamides is 1. The fraction of sp³-hybridized carbons (Fsp3) is 0.462. The first-order valence-corrected chi connectivity index (χ1v) is 13.5. The van der Waals surface area contributed by atoms with Gasteiger partial charge in [0.1, 0.15) is 11.0 Å². The molecule has 172 valence electrons. The van der Waals surface area contributed by atoms with Crippen molar-refractivity contribution in [2.24, 2.45) is 5.92 Å². The Kier molecular flexibility index (Phi) is 5.75. The second kappa shape index (κ2) is 8.58. The van der Waals surface area contributed by atoms with Gasteiger partial charge in [0.15, 0.2) is 0 Å². The number of hydrogen-bond donors (Lipinski definition) is 1. The van der Waals surface area contributed by atoms with Gasteiger partial charge in [-0.15, -0.1) is 0 Å². The van der Waals surface area contributed by atoms with Gasteiger partial charge in [-0.3, -0.25) is 4.98 Å². The van der Waals surface area contributed by atoms with Gasteiger partial charge in [0.25, 0.3) is 0 Å². The maximum Gasteiger partial charge on any atom is 0.242 e. The van der Waals surface area contributed by atoms with Gasteiger partial charge < -0.3 is 4.57 Å². The zero-order chi connectivity index (χ0) is 23.2. The molecule has 1 aromatic carbocycles. The van der Waals surface area contributed by atoms with E-state index in [9.17, 15) is 13.7 Å². The van der Waals surface area contributed by atoms with E-state index in [-0.39, 0.29) is 10.9 Å². The Labute approximate surface area is 195 Å². The molecule has 33 heavy (non-hydrogen) atoms. The summed E-state index contributed by atoms with van der Waals surface area (Å²) in [6, 6.07) is 12.4. The van der Waals surface area contributed by atoms with Crippen LogP contribution in [0.1, 0.15) is 69.5 Å². The van der Waals surface area contributed by atoms with Crippen molar-refractivity contribution in [2.75, 3.05) is 0 Å². The van der Waals surface area contributed by atoms with Crippen LogP contribution in [-0.4, -0.2) is 24.0 Å². The molecular formula is C26H30N4O2S. The van der Waals surface area contributed by atoms with Crippen LogP contribution in [0.25, 0.3) is 22.3 Å². The molecular weight excluding hydrogens is 432 g/mol. The molecule has 6 nitrogen and oxygen atoms in total. The van der Waals surface area contributed by atoms with E-state index in [0.717, 1.165) is 48.7 Å². The highest BCUT2D eigenvalue weighted by molar-refractivity contribution is 7.89. The van der Waals surface area contributed by atoms with Crippen LogP contribution >= 0.6 is 0 Å². The third-order valence-corrected chi connectivity index (χ3v) is 8.78. The number of nitrogens with one attached hydrogen (secondary N) is 1. The molecule has 0 spiro atoms. The van der Waals surface area contributed by atoms with Crippen LogP contribution < -0.4 is 4.72 Å². The highest BCUT2D eigenvalue weighted by Gasteiger charge is 2.32. The summed E-state index contributed by atoms with van der Waals surface area (Å²) >= 11 is 0. The van der Waals surface area contributed by atoms with Crippen molar-refractivity contribution in [1.29, 1.82) is 5.26 Å². The van der Waals surface area contributed by atoms with Crippen LogP contribution in [0.4, 0.5) is 0 Å². The van der Waals surface area contributed by atoms with Gasteiger partial charge in [0.05, 0.1) is 22.5 Å². The van der Waals surface area contributed by atoms with E-state index in [4.69, 9.17) is 0 Å². The minimum atomic E-state index is -3.62. The Bertz CT molecular complexity index is 1330. The Morgan fingerprint density at radius 2 is 1.94 bits per heavy atom. The van der Waals surface area contributed by atoms with E-state index in [0.29, 0.717) is 23.2 Å². The van der Waals surface area contributed by atoms with Crippen molar-refractivity contribution < 1.29 is 8.42 Å². The molecule has 0 bridgehead atoms. The molecule has 2 fully saturated rings. The van der Waals surface area contributed by atoms with Gasteiger partial charge in [-0.25, -0.2) is 13.1 Å². The summed E-state index contributed by atoms with van der Waals surface area (Å²) in [6.07, 6.45) is 9.00. The average Bonchev–Trinajstić information content (AvgIpc) is 3.44. The van der Waals surface area contributed by atoms with Gasteiger partial charge in [0, 0.05) is 23.7 Å². The first kappa shape index (κ1) is 22.1. The SMILES string of the molecule is CCc1ccc2c(C#N)c(-c3ccc(S(=O)(=O)N[C@@H](C)C4CC4)cn3)n(C3CCCC3)c2c1. The van der Waals surface area contributed by atoms with Gasteiger partial charge in [-0.2, -0.15) is 5.26 Å². The molecule has 0 aliphatic heterocycles. The molecule has 2 saturated carbocycles. The van der Waals surface area contributed by atoms with Crippen molar-refractivity contribution in [1.82, 2.24) is 14.3 Å². The topological polar surface area (TPSA) is 87.8 Å². The van der Waals surface area contributed by atoms with Gasteiger partial charge in [-0.1, -0.05) is 31.9 Å². The molecule has 0 saturated heterocycles. The molecule has 5 rings (SSSR count). The third-order valence-electron chi connectivity index (χ3n) is 7.24. The Balaban J connectivity index is 1.60. The van der Waals surface area contributed by atoms with E-state index in [2.05, 4.69) is 39.4 Å². The lowest BCUT2D eigenvalue weighted by Gasteiger charge is -2.18. The molecule has 0 radical (unpaired) electrons. The second-order valence-electron chi connectivity index (χ2n) is 9.48. The predicted molar refractivity (Wildman–Crippen MR) is 129 cm³/mol. The zero-order valence-electron chi connectivity index (χ0n) is 19.2. The average molecular weight is 463 g/mol. The standard InChI is InChI=1S/C26H30N4O2S/c1-3-18-8-12-22-23(15-27)26(30(25(22)14-18)20-6-4-5-7-20)24-13-11-21(16-28-24)33(31,32)29-17(2)19-9-10-19/h8,11-14,16-17,19-20,29H,3-7,9-10H2,1-2H3/t17-/m0/s1. The first-order chi connectivity index (χ1) is 15.9. The van der Waals surface area contributed by atoms with Gasteiger partial charge >= 0.3 is 0 Å². The van der Waals surface area contributed by atoms with E-state index in [1.165, 1.54) is 24.6 Å². The summed E-state index contributed by atoms with van der Waals surface area (Å²) in [4.78, 5) is 4.73. The van der Waals surface area contributed by atoms with Crippen LogP contribution in [0.5, 0.6) is 0 Å². The molecule has 0 unspecified atom stereocenters. The lowest BCUT2D eigenvalue weighted by atomic mass is 10.1. The van der Waals surface area contributed by atoms with Gasteiger partial charge in [0.2, 0.25) is 10.0 Å². The quantitative estimate of drug-likeness (QED) is 0.514. The Morgan fingerprint density at radius 1 is 1.18 bits per heavy atom. The lowest BCUT2D eigenvalue weighted by Crippen LogP contribution is -2.34. The molecule has 2 aliphatic rings. The lowest BCUT2D eigenvalue weighted by molar-refractivity contribution is 0.537. The number of pyridine rings is 1. The van der Waals surface area contributed by atoms with Crippen LogP contribution in [0, 0.1) is 17.2 Å². The van der Waals surface area contributed by atoms with E-state index >= 15 is 0 Å². The first-order valence-electron chi connectivity index (χ1n) is 12.0. The fourth-order valence-corrected chi connectivity index (χ4v) is 6.42. The maximum absolute atomic E-state index is 12.8. The fourth-order valence-electron chi connectivity index (χ4n) is 5.17. The molecule has 7 heteroatoms. The number of benzene rings is 1. The molecule has 2 aromatic heterocycles. The summed E-state index contributed by atoms with van der Waals surface area (Å²) in [7, 11) is -3.62. The van der Waals surface area contributed by atoms with E-state index in [1.807, 2.05) is 13.0 Å². The second-order valence-corrected chi connectivity index (χ2v) is 11.2. The van der Waals surface area contributed by atoms with E-state index in [1.54, 1.807) is 12.1 Å². The number of fused-ring (bicyclic) bond motifs is 1. The van der Waals surface area contributed by atoms with Crippen LogP contribution in [0.3, 0.4) is 0 Å². The minimum absolute atomic E-state index is 0.0717. The summed E-state index contributed by atoms with van der Waals surface area (Å²) in [5.41, 5.74) is 4.37. The number of nitrogens with zero attached hydrogens (tertiary/aromatic N) is 3. The number of aryl methyl sites for hydroxylation is 1. The van der Waals surface area contributed by atoms with Crippen molar-refractivity contribution in [3.8, 4) is 17.5 Å². The number of hydrogen-bond acceptors (Lipinski definition) is 4. The Hall–Kier alpha value is -2.69. The number of nitriles is 1. The molecule has 1 N–H and O–H groups in total. The van der Waals surface area contributed by atoms with Crippen LogP contribution in [-0.2, 0) is 16.4 Å². The number of rotatable bonds is 7. The van der Waals surface area contributed by atoms with Crippen LogP contribution in [0.15, 0.2) is 41.4 Å². The third kappa shape index (κ3) is 4.07. The molecule has 0 amide bonds. The monoisotopic (exact) mass is 462 g/mol. The molecule has 2 aliphatic carbocycles. The maximum atomic E-state index is 12.8. The van der Waals surface area contributed by atoms with E-state index < -0.39 is 10.0 Å². The normalized spacial score (nSPS) is 18.0. The van der Waals surface area contributed by atoms with Crippen molar-refractivity contribution in [3.63, 3.8) is 0 Å². The van der Waals surface area contributed by atoms with Gasteiger partial charge in [-0.05, 0) is 68.7 Å². The summed E-state index contributed by atoms with van der Waals surface area (Å²) in [6.45, 7) is 4.05. The van der Waals surface area contributed by atoms with Crippen molar-refractivity contribution in [3.05, 3.63) is 47.7 Å². The molecule has 3 aromatic rings. The minimum Gasteiger partial charge on any atom is -0.335 e. The summed E-state index contributed by atoms with van der Waals surface area (Å²) in [5, 5.41) is 11.0. The Morgan fingerprint density at radius 3 is 2.55 bits per heavy atom. The molecule has 2 heterocycles. The van der Waals surface area contributed by atoms with Crippen molar-refractivity contribution >= 4 is 20.9 Å². The highest BCUT2D eigenvalue weighted by Crippen LogP contribution is 2.41. The van der Waals surface area contributed by atoms with Crippen LogP contribution in [0.2, 0.25) is 0 Å². The zero-order valence-corrected chi connectivity index (χ0v) is 20.0. The molecule has 1 atom stereocenters. The smallest absolute Gasteiger partial charge is 0.242 e.